The van der Waals surface area contributed by atoms with Gasteiger partial charge in [0.25, 0.3) is 0 Å². The molecule has 0 amide bonds. The molecule has 0 unspecified atom stereocenters. The average molecular weight is 258 g/mol. The fourth-order valence-electron chi connectivity index (χ4n) is 0.525. The van der Waals surface area contributed by atoms with Crippen molar-refractivity contribution in [2.24, 2.45) is 0 Å². The number of benzene rings is 1. The topological polar surface area (TPSA) is 0 Å². The van der Waals surface area contributed by atoms with Crippen molar-refractivity contribution in [3.8, 4) is 0 Å². The normalized spacial score (nSPS) is 10.0. The van der Waals surface area contributed by atoms with Gasteiger partial charge in [-0.3, -0.25) is 0 Å². The van der Waals surface area contributed by atoms with Crippen LogP contribution in [0, 0.1) is 21.0 Å². The molecule has 1 aromatic carbocycles. The minimum atomic E-state index is -0.893. The van der Waals surface area contributed by atoms with Crippen molar-refractivity contribution in [3.05, 3.63) is 33.2 Å². The van der Waals surface area contributed by atoms with Crippen LogP contribution in [0.5, 0.6) is 0 Å². The predicted octanol–water partition coefficient (Wildman–Crippen LogP) is 2.71. The Morgan fingerprint density at radius 1 is 1.00 bits per heavy atom. The van der Waals surface area contributed by atoms with Crippen LogP contribution in [-0.4, -0.2) is 0 Å². The van der Waals surface area contributed by atoms with E-state index < -0.39 is 17.5 Å². The van der Waals surface area contributed by atoms with Crippen LogP contribution in [0.2, 0.25) is 0 Å². The van der Waals surface area contributed by atoms with Gasteiger partial charge in [-0.25, -0.2) is 13.2 Å². The molecule has 0 saturated heterocycles. The van der Waals surface area contributed by atoms with Crippen LogP contribution < -0.4 is 0 Å². The molecule has 0 fully saturated rings. The molecule has 10 heavy (non-hydrogen) atoms. The summed E-state index contributed by atoms with van der Waals surface area (Å²) in [6.45, 7) is 0. The fourth-order valence-corrected chi connectivity index (χ4v) is 0.836. The van der Waals surface area contributed by atoms with Crippen LogP contribution in [-0.2, 0) is 0 Å². The van der Waals surface area contributed by atoms with Crippen molar-refractivity contribution in [3.63, 3.8) is 0 Å². The third-order valence-corrected chi connectivity index (χ3v) is 1.98. The first kappa shape index (κ1) is 7.84. The van der Waals surface area contributed by atoms with E-state index in [-0.39, 0.29) is 3.57 Å². The Bertz CT molecular complexity index is 236. The van der Waals surface area contributed by atoms with E-state index in [9.17, 15) is 13.2 Å². The van der Waals surface area contributed by atoms with E-state index in [2.05, 4.69) is 0 Å². The van der Waals surface area contributed by atoms with Crippen molar-refractivity contribution in [2.75, 3.05) is 0 Å². The maximum Gasteiger partial charge on any atom is 0.142 e. The highest BCUT2D eigenvalue weighted by Gasteiger charge is 2.06. The monoisotopic (exact) mass is 258 g/mol. The fraction of sp³-hybridized carbons (Fsp3) is 0. The predicted molar refractivity (Wildman–Crippen MR) is 39.0 cm³/mol. The summed E-state index contributed by atoms with van der Waals surface area (Å²) in [6.07, 6.45) is 0. The Morgan fingerprint density at radius 3 is 1.80 bits per heavy atom. The van der Waals surface area contributed by atoms with Gasteiger partial charge in [0.05, 0.1) is 3.57 Å². The summed E-state index contributed by atoms with van der Waals surface area (Å²) < 4.78 is 36.6. The second-order valence-corrected chi connectivity index (χ2v) is 2.76. The summed E-state index contributed by atoms with van der Waals surface area (Å²) in [5, 5.41) is 0. The van der Waals surface area contributed by atoms with Crippen molar-refractivity contribution in [1.82, 2.24) is 0 Å². The molecule has 0 aromatic heterocycles. The van der Waals surface area contributed by atoms with Gasteiger partial charge in [0.15, 0.2) is 0 Å². The zero-order chi connectivity index (χ0) is 7.72. The summed E-state index contributed by atoms with van der Waals surface area (Å²) in [7, 11) is 0. The molecule has 0 nitrogen and oxygen atoms in total. The SMILES string of the molecule is Fc1cc(F)c(I)c(F)c1. The Hall–Kier alpha value is -0.260. The van der Waals surface area contributed by atoms with E-state index in [4.69, 9.17) is 0 Å². The number of hydrogen-bond acceptors (Lipinski definition) is 0. The molecule has 0 heterocycles. The molecule has 0 spiro atoms. The molecule has 0 atom stereocenters. The molecule has 1 aromatic rings. The summed E-state index contributed by atoms with van der Waals surface area (Å²) in [5.74, 6) is -2.62. The lowest BCUT2D eigenvalue weighted by atomic mass is 10.3. The molecular formula is C6H2F3I. The van der Waals surface area contributed by atoms with Gasteiger partial charge < -0.3 is 0 Å². The van der Waals surface area contributed by atoms with Crippen molar-refractivity contribution < 1.29 is 13.2 Å². The van der Waals surface area contributed by atoms with Gasteiger partial charge in [-0.2, -0.15) is 0 Å². The van der Waals surface area contributed by atoms with Gasteiger partial charge >= 0.3 is 0 Å². The quantitative estimate of drug-likeness (QED) is 0.381. The Labute approximate surface area is 69.2 Å². The molecule has 0 saturated carbocycles. The van der Waals surface area contributed by atoms with Gasteiger partial charge in [-0.05, 0) is 22.6 Å². The van der Waals surface area contributed by atoms with Crippen molar-refractivity contribution >= 4 is 22.6 Å². The molecule has 0 aliphatic heterocycles. The highest BCUT2D eigenvalue weighted by atomic mass is 127. The molecule has 0 N–H and O–H groups in total. The van der Waals surface area contributed by atoms with E-state index in [1.807, 2.05) is 0 Å². The first-order valence-corrected chi connectivity index (χ1v) is 3.49. The largest absolute Gasteiger partial charge is 0.207 e. The molecule has 0 bridgehead atoms. The number of rotatable bonds is 0. The van der Waals surface area contributed by atoms with Crippen LogP contribution in [0.3, 0.4) is 0 Å². The lowest BCUT2D eigenvalue weighted by molar-refractivity contribution is 0.534. The average Bonchev–Trinajstić information content (AvgIpc) is 1.82. The zero-order valence-corrected chi connectivity index (χ0v) is 6.82. The smallest absolute Gasteiger partial charge is 0.142 e. The van der Waals surface area contributed by atoms with E-state index in [0.29, 0.717) is 12.1 Å². The number of halogens is 4. The molecule has 1 rings (SSSR count). The summed E-state index contributed by atoms with van der Waals surface area (Å²) in [6, 6.07) is 1.29. The number of hydrogen-bond donors (Lipinski definition) is 0. The van der Waals surface area contributed by atoms with E-state index in [0.717, 1.165) is 0 Å². The maximum atomic E-state index is 12.4. The first-order chi connectivity index (χ1) is 4.61. The van der Waals surface area contributed by atoms with Crippen LogP contribution in [0.4, 0.5) is 13.2 Å². The molecule has 0 aliphatic rings. The highest BCUT2D eigenvalue weighted by molar-refractivity contribution is 14.1. The molecule has 54 valence electrons. The Kier molecular flexibility index (Phi) is 2.18. The van der Waals surface area contributed by atoms with Gasteiger partial charge in [-0.15, -0.1) is 0 Å². The Balaban J connectivity index is 3.31. The maximum absolute atomic E-state index is 12.4. The lowest BCUT2D eigenvalue weighted by Gasteiger charge is -1.94. The minimum Gasteiger partial charge on any atom is -0.207 e. The Morgan fingerprint density at radius 2 is 1.40 bits per heavy atom. The molecule has 4 heteroatoms. The third kappa shape index (κ3) is 1.42. The van der Waals surface area contributed by atoms with Gasteiger partial charge in [-0.1, -0.05) is 0 Å². The van der Waals surface area contributed by atoms with E-state index in [1.54, 1.807) is 0 Å². The van der Waals surface area contributed by atoms with Gasteiger partial charge in [0.1, 0.15) is 17.5 Å². The van der Waals surface area contributed by atoms with E-state index in [1.165, 1.54) is 22.6 Å². The standard InChI is InChI=1S/C6H2F3I/c7-3-1-4(8)6(10)5(9)2-3/h1-2H. The van der Waals surface area contributed by atoms with Crippen LogP contribution >= 0.6 is 22.6 Å². The minimum absolute atomic E-state index is 0.181. The van der Waals surface area contributed by atoms with Crippen molar-refractivity contribution in [1.29, 1.82) is 0 Å². The van der Waals surface area contributed by atoms with Crippen LogP contribution in [0.15, 0.2) is 12.1 Å². The van der Waals surface area contributed by atoms with Crippen LogP contribution in [0.1, 0.15) is 0 Å². The van der Waals surface area contributed by atoms with Crippen LogP contribution in [0.25, 0.3) is 0 Å². The summed E-state index contributed by atoms with van der Waals surface area (Å²) >= 11 is 1.47. The molecular weight excluding hydrogens is 256 g/mol. The van der Waals surface area contributed by atoms with Gasteiger partial charge in [0.2, 0.25) is 0 Å². The summed E-state index contributed by atoms with van der Waals surface area (Å²) in [5.41, 5.74) is 0. The second-order valence-electron chi connectivity index (χ2n) is 1.68. The lowest BCUT2D eigenvalue weighted by Crippen LogP contribution is -1.89. The zero-order valence-electron chi connectivity index (χ0n) is 4.67. The first-order valence-electron chi connectivity index (χ1n) is 2.41. The summed E-state index contributed by atoms with van der Waals surface area (Å²) in [4.78, 5) is 0. The van der Waals surface area contributed by atoms with Gasteiger partial charge in [0, 0.05) is 12.1 Å². The highest BCUT2D eigenvalue weighted by Crippen LogP contribution is 2.15. The van der Waals surface area contributed by atoms with E-state index >= 15 is 0 Å². The third-order valence-electron chi connectivity index (χ3n) is 0.949. The van der Waals surface area contributed by atoms with Crippen molar-refractivity contribution in [2.45, 2.75) is 0 Å². The molecule has 0 aliphatic carbocycles. The molecule has 0 radical (unpaired) electrons. The second kappa shape index (κ2) is 2.77.